The average molecular weight is 308 g/mol. The van der Waals surface area contributed by atoms with E-state index in [2.05, 4.69) is 11.4 Å². The maximum atomic E-state index is 6.31. The third-order valence-corrected chi connectivity index (χ3v) is 4.21. The molecule has 4 heteroatoms. The second kappa shape index (κ2) is 5.65. The first-order valence-corrected chi connectivity index (χ1v) is 7.31. The van der Waals surface area contributed by atoms with Crippen molar-refractivity contribution in [1.29, 1.82) is 0 Å². The zero-order chi connectivity index (χ0) is 14.1. The van der Waals surface area contributed by atoms with Gasteiger partial charge in [0.05, 0.1) is 6.04 Å². The minimum absolute atomic E-state index is 0.0344. The Balaban J connectivity index is 1.89. The van der Waals surface area contributed by atoms with Crippen LogP contribution in [0.5, 0.6) is 5.75 Å². The summed E-state index contributed by atoms with van der Waals surface area (Å²) >= 11 is 12.3. The SMILES string of the molecule is CNC(c1ccc(Cl)cc1Cl)C1Cc2ccccc2O1. The number of ether oxygens (including phenoxy) is 1. The quantitative estimate of drug-likeness (QED) is 0.915. The summed E-state index contributed by atoms with van der Waals surface area (Å²) in [6.45, 7) is 0. The van der Waals surface area contributed by atoms with E-state index >= 15 is 0 Å². The summed E-state index contributed by atoms with van der Waals surface area (Å²) in [6, 6.07) is 13.8. The van der Waals surface area contributed by atoms with Crippen molar-refractivity contribution in [2.45, 2.75) is 18.6 Å². The minimum atomic E-state index is 0.0344. The van der Waals surface area contributed by atoms with Crippen LogP contribution in [0.4, 0.5) is 0 Å². The predicted molar refractivity (Wildman–Crippen MR) is 82.8 cm³/mol. The minimum Gasteiger partial charge on any atom is -0.488 e. The number of para-hydroxylation sites is 1. The summed E-state index contributed by atoms with van der Waals surface area (Å²) in [5, 5.41) is 4.61. The molecule has 0 spiro atoms. The Labute approximate surface area is 128 Å². The van der Waals surface area contributed by atoms with Crippen LogP contribution < -0.4 is 10.1 Å². The van der Waals surface area contributed by atoms with Gasteiger partial charge >= 0.3 is 0 Å². The van der Waals surface area contributed by atoms with Crippen LogP contribution in [0.2, 0.25) is 10.0 Å². The van der Waals surface area contributed by atoms with E-state index in [1.54, 1.807) is 6.07 Å². The molecular formula is C16H15Cl2NO. The van der Waals surface area contributed by atoms with Crippen LogP contribution in [0.25, 0.3) is 0 Å². The summed E-state index contributed by atoms with van der Waals surface area (Å²) < 4.78 is 6.05. The van der Waals surface area contributed by atoms with Gasteiger partial charge in [-0.05, 0) is 36.4 Å². The topological polar surface area (TPSA) is 21.3 Å². The molecule has 2 aromatic carbocycles. The lowest BCUT2D eigenvalue weighted by atomic mass is 9.98. The van der Waals surface area contributed by atoms with Crippen molar-refractivity contribution in [1.82, 2.24) is 5.32 Å². The molecule has 0 saturated heterocycles. The van der Waals surface area contributed by atoms with Gasteiger partial charge in [0.15, 0.2) is 0 Å². The number of likely N-dealkylation sites (N-methyl/N-ethyl adjacent to an activating group) is 1. The lowest BCUT2D eigenvalue weighted by Crippen LogP contribution is -2.32. The predicted octanol–water partition coefficient (Wildman–Crippen LogP) is 4.26. The molecule has 0 saturated carbocycles. The Morgan fingerprint density at radius 1 is 1.20 bits per heavy atom. The van der Waals surface area contributed by atoms with Crippen molar-refractivity contribution in [3.8, 4) is 5.75 Å². The highest BCUT2D eigenvalue weighted by atomic mass is 35.5. The van der Waals surface area contributed by atoms with E-state index in [-0.39, 0.29) is 12.1 Å². The normalized spacial score (nSPS) is 18.4. The van der Waals surface area contributed by atoms with Crippen molar-refractivity contribution in [2.24, 2.45) is 0 Å². The summed E-state index contributed by atoms with van der Waals surface area (Å²) in [4.78, 5) is 0. The molecule has 104 valence electrons. The van der Waals surface area contributed by atoms with Gasteiger partial charge in [0.1, 0.15) is 11.9 Å². The lowest BCUT2D eigenvalue weighted by Gasteiger charge is -2.24. The number of fused-ring (bicyclic) bond motifs is 1. The van der Waals surface area contributed by atoms with Gasteiger partial charge in [-0.25, -0.2) is 0 Å². The van der Waals surface area contributed by atoms with Gasteiger partial charge in [-0.3, -0.25) is 0 Å². The van der Waals surface area contributed by atoms with E-state index in [0.717, 1.165) is 17.7 Å². The van der Waals surface area contributed by atoms with Gasteiger partial charge in [-0.1, -0.05) is 47.5 Å². The molecule has 20 heavy (non-hydrogen) atoms. The van der Waals surface area contributed by atoms with Gasteiger partial charge < -0.3 is 10.1 Å². The average Bonchev–Trinajstić information content (AvgIpc) is 2.85. The maximum Gasteiger partial charge on any atom is 0.123 e. The zero-order valence-electron chi connectivity index (χ0n) is 11.1. The number of hydrogen-bond donors (Lipinski definition) is 1. The molecule has 0 fully saturated rings. The second-order valence-corrected chi connectivity index (χ2v) is 5.74. The molecule has 1 aliphatic heterocycles. The molecule has 2 unspecified atom stereocenters. The van der Waals surface area contributed by atoms with Crippen LogP contribution in [0.1, 0.15) is 17.2 Å². The molecule has 0 amide bonds. The summed E-state index contributed by atoms with van der Waals surface area (Å²) in [7, 11) is 1.92. The van der Waals surface area contributed by atoms with Crippen molar-refractivity contribution < 1.29 is 4.74 Å². The van der Waals surface area contributed by atoms with Gasteiger partial charge in [0, 0.05) is 16.5 Å². The molecule has 1 heterocycles. The second-order valence-electron chi connectivity index (χ2n) is 4.90. The van der Waals surface area contributed by atoms with E-state index in [9.17, 15) is 0 Å². The highest BCUT2D eigenvalue weighted by Gasteiger charge is 2.31. The van der Waals surface area contributed by atoms with Crippen LogP contribution >= 0.6 is 23.2 Å². The summed E-state index contributed by atoms with van der Waals surface area (Å²) in [5.74, 6) is 0.961. The van der Waals surface area contributed by atoms with Crippen molar-refractivity contribution in [3.63, 3.8) is 0 Å². The summed E-state index contributed by atoms with van der Waals surface area (Å²) in [6.07, 6.45) is 0.914. The first kappa shape index (κ1) is 13.7. The Morgan fingerprint density at radius 2 is 2.00 bits per heavy atom. The Hall–Kier alpha value is -1.22. The molecule has 2 aromatic rings. The Morgan fingerprint density at radius 3 is 2.70 bits per heavy atom. The Bertz CT molecular complexity index is 605. The molecule has 1 N–H and O–H groups in total. The fraction of sp³-hybridized carbons (Fsp3) is 0.250. The molecule has 0 aromatic heterocycles. The van der Waals surface area contributed by atoms with E-state index in [4.69, 9.17) is 27.9 Å². The fourth-order valence-electron chi connectivity index (χ4n) is 2.69. The van der Waals surface area contributed by atoms with Gasteiger partial charge in [0.25, 0.3) is 0 Å². The molecule has 2 atom stereocenters. The molecule has 3 rings (SSSR count). The van der Waals surface area contributed by atoms with Gasteiger partial charge in [-0.15, -0.1) is 0 Å². The molecule has 2 nitrogen and oxygen atoms in total. The molecule has 0 radical (unpaired) electrons. The smallest absolute Gasteiger partial charge is 0.123 e. The van der Waals surface area contributed by atoms with Gasteiger partial charge in [-0.2, -0.15) is 0 Å². The van der Waals surface area contributed by atoms with Crippen LogP contribution in [0.3, 0.4) is 0 Å². The van der Waals surface area contributed by atoms with E-state index < -0.39 is 0 Å². The number of hydrogen-bond acceptors (Lipinski definition) is 2. The van der Waals surface area contributed by atoms with Crippen molar-refractivity contribution >= 4 is 23.2 Å². The highest BCUT2D eigenvalue weighted by molar-refractivity contribution is 6.35. The van der Waals surface area contributed by atoms with Gasteiger partial charge in [0.2, 0.25) is 0 Å². The number of nitrogens with one attached hydrogen (secondary N) is 1. The highest BCUT2D eigenvalue weighted by Crippen LogP contribution is 2.36. The van der Waals surface area contributed by atoms with E-state index in [1.165, 1.54) is 5.56 Å². The van der Waals surface area contributed by atoms with Crippen LogP contribution in [0.15, 0.2) is 42.5 Å². The number of benzene rings is 2. The largest absolute Gasteiger partial charge is 0.488 e. The lowest BCUT2D eigenvalue weighted by molar-refractivity contribution is 0.183. The molecule has 0 aliphatic carbocycles. The third-order valence-electron chi connectivity index (χ3n) is 3.65. The fourth-order valence-corrected chi connectivity index (χ4v) is 3.22. The third kappa shape index (κ3) is 2.51. The number of rotatable bonds is 3. The van der Waals surface area contributed by atoms with Crippen molar-refractivity contribution in [3.05, 3.63) is 63.6 Å². The molecule has 1 aliphatic rings. The van der Waals surface area contributed by atoms with Crippen molar-refractivity contribution in [2.75, 3.05) is 7.05 Å². The zero-order valence-corrected chi connectivity index (χ0v) is 12.6. The first-order chi connectivity index (χ1) is 9.69. The standard InChI is InChI=1S/C16H15Cl2NO/c1-19-16(12-7-6-11(17)9-13(12)18)15-8-10-4-2-3-5-14(10)20-15/h2-7,9,15-16,19H,8H2,1H3. The number of halogens is 2. The van der Waals surface area contributed by atoms with Crippen LogP contribution in [-0.4, -0.2) is 13.2 Å². The summed E-state index contributed by atoms with van der Waals surface area (Å²) in [5.41, 5.74) is 2.25. The van der Waals surface area contributed by atoms with E-state index in [0.29, 0.717) is 10.0 Å². The van der Waals surface area contributed by atoms with E-state index in [1.807, 2.05) is 37.4 Å². The first-order valence-electron chi connectivity index (χ1n) is 6.56. The molecule has 0 bridgehead atoms. The maximum absolute atomic E-state index is 6.31. The Kier molecular flexibility index (Phi) is 3.88. The van der Waals surface area contributed by atoms with Crippen LogP contribution in [0, 0.1) is 0 Å². The molecular weight excluding hydrogens is 293 g/mol. The monoisotopic (exact) mass is 307 g/mol. The van der Waals surface area contributed by atoms with Crippen LogP contribution in [-0.2, 0) is 6.42 Å².